The van der Waals surface area contributed by atoms with Gasteiger partial charge in [0.2, 0.25) is 5.92 Å². The largest absolute Gasteiger partial charge is 0.469 e. The molecule has 1 aliphatic carbocycles. The van der Waals surface area contributed by atoms with Crippen LogP contribution in [0.15, 0.2) is 24.3 Å². The van der Waals surface area contributed by atoms with Crippen molar-refractivity contribution in [1.82, 2.24) is 0 Å². The Balaban J connectivity index is 2.18. The lowest BCUT2D eigenvalue weighted by Gasteiger charge is -2.41. The van der Waals surface area contributed by atoms with Crippen LogP contribution < -0.4 is 5.32 Å². The molecule has 0 aliphatic heterocycles. The van der Waals surface area contributed by atoms with Gasteiger partial charge in [0.1, 0.15) is 5.82 Å². The minimum atomic E-state index is -3.19. The molecule has 0 radical (unpaired) electrons. The molecule has 1 aromatic carbocycles. The first-order valence-corrected chi connectivity index (χ1v) is 8.25. The highest BCUT2D eigenvalue weighted by molar-refractivity contribution is 5.80. The average Bonchev–Trinajstić information content (AvgIpc) is 2.59. The highest BCUT2D eigenvalue weighted by atomic mass is 19.3. The number of hydrogen-bond acceptors (Lipinski definition) is 5. The van der Waals surface area contributed by atoms with Crippen molar-refractivity contribution in [2.75, 3.05) is 26.1 Å². The van der Waals surface area contributed by atoms with Crippen LogP contribution in [0.25, 0.3) is 0 Å². The second-order valence-corrected chi connectivity index (χ2v) is 6.62. The Kier molecular flexibility index (Phi) is 6.15. The first-order valence-electron chi connectivity index (χ1n) is 8.25. The van der Waals surface area contributed by atoms with E-state index in [4.69, 9.17) is 4.74 Å². The van der Waals surface area contributed by atoms with Crippen LogP contribution in [0.1, 0.15) is 25.7 Å². The van der Waals surface area contributed by atoms with E-state index in [0.29, 0.717) is 5.69 Å². The minimum Gasteiger partial charge on any atom is -0.469 e. The Morgan fingerprint density at radius 1 is 1.23 bits per heavy atom. The molecule has 0 heterocycles. The van der Waals surface area contributed by atoms with E-state index in [2.05, 4.69) is 10.1 Å². The molecule has 0 aromatic heterocycles. The number of methoxy groups -OCH3 is 2. The number of alkyl halides is 2. The normalized spacial score (nSPS) is 24.6. The molecule has 1 N–H and O–H groups in total. The van der Waals surface area contributed by atoms with Crippen molar-refractivity contribution in [3.63, 3.8) is 0 Å². The number of benzene rings is 1. The van der Waals surface area contributed by atoms with Crippen molar-refractivity contribution in [3.05, 3.63) is 30.1 Å². The quantitative estimate of drug-likeness (QED) is 0.775. The first-order chi connectivity index (χ1) is 12.2. The highest BCUT2D eigenvalue weighted by Gasteiger charge is 2.55. The molecular formula is C18H22F3NO4. The summed E-state index contributed by atoms with van der Waals surface area (Å²) < 4.78 is 51.1. The zero-order valence-electron chi connectivity index (χ0n) is 14.7. The number of carbonyl (C=O) groups is 2. The van der Waals surface area contributed by atoms with E-state index in [1.165, 1.54) is 18.2 Å². The predicted octanol–water partition coefficient (Wildman–Crippen LogP) is 3.40. The van der Waals surface area contributed by atoms with E-state index in [-0.39, 0.29) is 19.4 Å². The second-order valence-electron chi connectivity index (χ2n) is 6.62. The predicted molar refractivity (Wildman–Crippen MR) is 88.3 cm³/mol. The Labute approximate surface area is 149 Å². The maximum Gasteiger partial charge on any atom is 0.312 e. The number of anilines is 1. The number of halogens is 3. The molecule has 1 fully saturated rings. The Hall–Kier alpha value is -2.25. The molecule has 0 amide bonds. The number of esters is 2. The van der Waals surface area contributed by atoms with Crippen molar-refractivity contribution in [3.8, 4) is 0 Å². The fraction of sp³-hybridized carbons (Fsp3) is 0.556. The third-order valence-corrected chi connectivity index (χ3v) is 4.69. The zero-order valence-corrected chi connectivity index (χ0v) is 14.7. The Morgan fingerprint density at radius 2 is 1.96 bits per heavy atom. The summed E-state index contributed by atoms with van der Waals surface area (Å²) in [6.45, 7) is 0.141. The van der Waals surface area contributed by atoms with Crippen LogP contribution in [0.2, 0.25) is 0 Å². The number of hydrogen-bond donors (Lipinski definition) is 1. The molecule has 0 unspecified atom stereocenters. The lowest BCUT2D eigenvalue weighted by Crippen LogP contribution is -2.48. The fourth-order valence-electron chi connectivity index (χ4n) is 3.59. The average molecular weight is 373 g/mol. The standard InChI is InChI=1S/C18H22F3NO4/c1-25-15(23)12-9-17(16(24)26-2,11-18(20,21)10-12)6-7-22-14-5-3-4-13(19)8-14/h3-5,8,12,22H,6-7,9-11H2,1-2H3/t12-,17-/m1/s1. The zero-order chi connectivity index (χ0) is 19.4. The molecule has 2 rings (SSSR count). The number of carbonyl (C=O) groups excluding carboxylic acids is 2. The van der Waals surface area contributed by atoms with Crippen LogP contribution in [0.3, 0.4) is 0 Å². The monoisotopic (exact) mass is 373 g/mol. The van der Waals surface area contributed by atoms with Crippen LogP contribution in [0.5, 0.6) is 0 Å². The SMILES string of the molecule is COC(=O)[C@H]1CC(F)(F)C[C@](CCNc2cccc(F)c2)(C(=O)OC)C1. The number of rotatable bonds is 6. The number of ether oxygens (including phenoxy) is 2. The molecule has 0 bridgehead atoms. The molecule has 1 saturated carbocycles. The summed E-state index contributed by atoms with van der Waals surface area (Å²) in [5.74, 6) is -6.27. The summed E-state index contributed by atoms with van der Waals surface area (Å²) >= 11 is 0. The maximum absolute atomic E-state index is 14.3. The van der Waals surface area contributed by atoms with Crippen LogP contribution in [-0.4, -0.2) is 38.6 Å². The van der Waals surface area contributed by atoms with E-state index in [1.807, 2.05) is 0 Å². The second kappa shape index (κ2) is 7.97. The van der Waals surface area contributed by atoms with Crippen LogP contribution in [0.4, 0.5) is 18.9 Å². The molecule has 144 valence electrons. The van der Waals surface area contributed by atoms with Gasteiger partial charge < -0.3 is 14.8 Å². The molecule has 26 heavy (non-hydrogen) atoms. The van der Waals surface area contributed by atoms with E-state index >= 15 is 0 Å². The van der Waals surface area contributed by atoms with Gasteiger partial charge >= 0.3 is 11.9 Å². The smallest absolute Gasteiger partial charge is 0.312 e. The lowest BCUT2D eigenvalue weighted by atomic mass is 9.66. The van der Waals surface area contributed by atoms with Crippen molar-refractivity contribution >= 4 is 17.6 Å². The van der Waals surface area contributed by atoms with E-state index in [1.54, 1.807) is 6.07 Å². The van der Waals surface area contributed by atoms with Crippen LogP contribution >= 0.6 is 0 Å². The summed E-state index contributed by atoms with van der Waals surface area (Å²) in [5, 5.41) is 2.91. The van der Waals surface area contributed by atoms with Crippen molar-refractivity contribution in [2.45, 2.75) is 31.6 Å². The summed E-state index contributed by atoms with van der Waals surface area (Å²) in [6.07, 6.45) is -1.42. The maximum atomic E-state index is 14.3. The van der Waals surface area contributed by atoms with E-state index in [0.717, 1.165) is 14.2 Å². The van der Waals surface area contributed by atoms with Gasteiger partial charge in [0, 0.05) is 25.1 Å². The lowest BCUT2D eigenvalue weighted by molar-refractivity contribution is -0.177. The third kappa shape index (κ3) is 4.68. The minimum absolute atomic E-state index is 0.0132. The van der Waals surface area contributed by atoms with Gasteiger partial charge in [0.05, 0.1) is 25.6 Å². The Bertz CT molecular complexity index is 668. The summed E-state index contributed by atoms with van der Waals surface area (Å²) in [7, 11) is 2.25. The molecule has 0 spiro atoms. The van der Waals surface area contributed by atoms with Crippen LogP contribution in [-0.2, 0) is 19.1 Å². The van der Waals surface area contributed by atoms with Crippen molar-refractivity contribution < 1.29 is 32.2 Å². The first kappa shape index (κ1) is 20.1. The highest BCUT2D eigenvalue weighted by Crippen LogP contribution is 2.50. The molecule has 1 aliphatic rings. The summed E-state index contributed by atoms with van der Waals surface area (Å²) in [4.78, 5) is 24.2. The molecule has 0 saturated heterocycles. The topological polar surface area (TPSA) is 64.6 Å². The van der Waals surface area contributed by atoms with Gasteiger partial charge in [-0.15, -0.1) is 0 Å². The third-order valence-electron chi connectivity index (χ3n) is 4.69. The summed E-state index contributed by atoms with van der Waals surface area (Å²) in [5.41, 5.74) is -1.05. The summed E-state index contributed by atoms with van der Waals surface area (Å²) in [6, 6.07) is 5.68. The van der Waals surface area contributed by atoms with Crippen molar-refractivity contribution in [1.29, 1.82) is 0 Å². The van der Waals surface area contributed by atoms with E-state index in [9.17, 15) is 22.8 Å². The van der Waals surface area contributed by atoms with Gasteiger partial charge in [0.25, 0.3) is 0 Å². The van der Waals surface area contributed by atoms with Gasteiger partial charge in [0.15, 0.2) is 0 Å². The van der Waals surface area contributed by atoms with Crippen molar-refractivity contribution in [2.24, 2.45) is 11.3 Å². The van der Waals surface area contributed by atoms with Gasteiger partial charge in [-0.05, 0) is 31.0 Å². The van der Waals surface area contributed by atoms with Gasteiger partial charge in [-0.25, -0.2) is 13.2 Å². The molecular weight excluding hydrogens is 351 g/mol. The van der Waals surface area contributed by atoms with Gasteiger partial charge in [-0.3, -0.25) is 9.59 Å². The fourth-order valence-corrected chi connectivity index (χ4v) is 3.59. The number of nitrogens with one attached hydrogen (secondary N) is 1. The molecule has 1 aromatic rings. The van der Waals surface area contributed by atoms with E-state index < -0.39 is 47.9 Å². The van der Waals surface area contributed by atoms with Gasteiger partial charge in [-0.1, -0.05) is 6.07 Å². The molecule has 2 atom stereocenters. The molecule has 8 heteroatoms. The Morgan fingerprint density at radius 3 is 2.58 bits per heavy atom. The van der Waals surface area contributed by atoms with Gasteiger partial charge in [-0.2, -0.15) is 0 Å². The van der Waals surface area contributed by atoms with Crippen LogP contribution in [0, 0.1) is 17.2 Å². The molecule has 5 nitrogen and oxygen atoms in total.